The van der Waals surface area contributed by atoms with Crippen LogP contribution in [0.3, 0.4) is 0 Å². The highest BCUT2D eigenvalue weighted by atomic mass is 16.8. The Hall–Kier alpha value is -3.88. The minimum atomic E-state index is -1.06. The molecule has 0 bridgehead atoms. The number of benzene rings is 2. The SMILES string of the molecule is CC(C)OC(=O)OCOC(=O)C1CC(NC(=O)CCC(=O)O)Cc2ccc(-c3ccccc3)cc21. The molecule has 1 amide bonds. The van der Waals surface area contributed by atoms with Gasteiger partial charge in [0.1, 0.15) is 0 Å². The Morgan fingerprint density at radius 1 is 1.00 bits per heavy atom. The topological polar surface area (TPSA) is 128 Å². The largest absolute Gasteiger partial charge is 0.511 e. The highest BCUT2D eigenvalue weighted by molar-refractivity contribution is 5.82. The first-order valence-corrected chi connectivity index (χ1v) is 11.4. The second kappa shape index (κ2) is 12.0. The summed E-state index contributed by atoms with van der Waals surface area (Å²) in [4.78, 5) is 47.6. The van der Waals surface area contributed by atoms with Crippen molar-refractivity contribution in [2.45, 2.75) is 57.6 Å². The van der Waals surface area contributed by atoms with Crippen molar-refractivity contribution in [3.63, 3.8) is 0 Å². The molecule has 186 valence electrons. The fourth-order valence-electron chi connectivity index (χ4n) is 3.99. The maximum atomic E-state index is 13.0. The third-order valence-electron chi connectivity index (χ3n) is 5.54. The van der Waals surface area contributed by atoms with Gasteiger partial charge in [0.25, 0.3) is 0 Å². The number of rotatable bonds is 9. The first-order valence-electron chi connectivity index (χ1n) is 11.4. The van der Waals surface area contributed by atoms with Crippen LogP contribution >= 0.6 is 0 Å². The summed E-state index contributed by atoms with van der Waals surface area (Å²) in [6.07, 6.45) is -0.974. The number of hydrogen-bond acceptors (Lipinski definition) is 7. The molecule has 0 spiro atoms. The van der Waals surface area contributed by atoms with Crippen LogP contribution in [-0.4, -0.2) is 48.0 Å². The fraction of sp³-hybridized carbons (Fsp3) is 0.385. The van der Waals surface area contributed by atoms with Gasteiger partial charge in [-0.1, -0.05) is 48.5 Å². The Bertz CT molecular complexity index is 1070. The van der Waals surface area contributed by atoms with Gasteiger partial charge in [-0.25, -0.2) is 4.79 Å². The minimum absolute atomic E-state index is 0.146. The number of carbonyl (C=O) groups is 4. The molecule has 0 aromatic heterocycles. The maximum absolute atomic E-state index is 13.0. The molecule has 2 aromatic rings. The summed E-state index contributed by atoms with van der Waals surface area (Å²) in [5.41, 5.74) is 3.58. The lowest BCUT2D eigenvalue weighted by Crippen LogP contribution is -2.41. The van der Waals surface area contributed by atoms with Gasteiger partial charge in [0, 0.05) is 12.5 Å². The number of amides is 1. The maximum Gasteiger partial charge on any atom is 0.511 e. The fourth-order valence-corrected chi connectivity index (χ4v) is 3.99. The van der Waals surface area contributed by atoms with Crippen molar-refractivity contribution >= 4 is 24.0 Å². The van der Waals surface area contributed by atoms with Gasteiger partial charge in [0.05, 0.1) is 18.4 Å². The van der Waals surface area contributed by atoms with Gasteiger partial charge in [-0.05, 0) is 48.9 Å². The van der Waals surface area contributed by atoms with Gasteiger partial charge in [-0.2, -0.15) is 0 Å². The van der Waals surface area contributed by atoms with Crippen molar-refractivity contribution in [1.29, 1.82) is 0 Å². The van der Waals surface area contributed by atoms with Gasteiger partial charge in [0.2, 0.25) is 12.7 Å². The number of esters is 1. The summed E-state index contributed by atoms with van der Waals surface area (Å²) in [7, 11) is 0. The standard InChI is InChI=1S/C26H29NO8/c1-16(2)35-26(32)34-15-33-25(31)22-14-20(27-23(28)10-11-24(29)30)12-19-9-8-18(13-21(19)22)17-6-4-3-5-7-17/h3-9,13,16,20,22H,10-12,14-15H2,1-2H3,(H,27,28)(H,29,30). The van der Waals surface area contributed by atoms with Crippen LogP contribution in [0, 0.1) is 0 Å². The van der Waals surface area contributed by atoms with Crippen LogP contribution in [0.15, 0.2) is 48.5 Å². The molecular weight excluding hydrogens is 454 g/mol. The van der Waals surface area contributed by atoms with Gasteiger partial charge >= 0.3 is 18.1 Å². The number of hydrogen-bond donors (Lipinski definition) is 2. The van der Waals surface area contributed by atoms with Crippen molar-refractivity contribution in [2.75, 3.05) is 6.79 Å². The zero-order chi connectivity index (χ0) is 25.4. The van der Waals surface area contributed by atoms with Crippen LogP contribution in [0.2, 0.25) is 0 Å². The monoisotopic (exact) mass is 483 g/mol. The summed E-state index contributed by atoms with van der Waals surface area (Å²) in [5.74, 6) is -2.76. The number of carbonyl (C=O) groups excluding carboxylic acids is 3. The molecule has 0 fully saturated rings. The van der Waals surface area contributed by atoms with E-state index in [1.165, 1.54) is 0 Å². The summed E-state index contributed by atoms with van der Waals surface area (Å²) in [6, 6.07) is 15.1. The number of aliphatic carboxylic acids is 1. The number of carboxylic acids is 1. The van der Waals surface area contributed by atoms with E-state index in [2.05, 4.69) is 5.32 Å². The second-order valence-corrected chi connectivity index (χ2v) is 8.57. The molecule has 0 heterocycles. The Balaban J connectivity index is 1.77. The van der Waals surface area contributed by atoms with Crippen LogP contribution < -0.4 is 5.32 Å². The van der Waals surface area contributed by atoms with Crippen molar-refractivity contribution in [3.05, 3.63) is 59.7 Å². The van der Waals surface area contributed by atoms with Gasteiger partial charge in [0.15, 0.2) is 0 Å². The highest BCUT2D eigenvalue weighted by Crippen LogP contribution is 2.36. The molecule has 3 rings (SSSR count). The van der Waals surface area contributed by atoms with Crippen molar-refractivity contribution < 1.29 is 38.5 Å². The average Bonchev–Trinajstić information content (AvgIpc) is 2.82. The molecule has 35 heavy (non-hydrogen) atoms. The van der Waals surface area contributed by atoms with E-state index in [1.807, 2.05) is 48.5 Å². The van der Waals surface area contributed by atoms with Crippen molar-refractivity contribution in [1.82, 2.24) is 5.32 Å². The Kier molecular flexibility index (Phi) is 8.83. The van der Waals surface area contributed by atoms with Crippen LogP contribution in [0.4, 0.5) is 4.79 Å². The molecule has 0 saturated heterocycles. The molecule has 2 atom stereocenters. The van der Waals surface area contributed by atoms with Gasteiger partial charge < -0.3 is 24.6 Å². The van der Waals surface area contributed by atoms with Crippen LogP contribution in [0.25, 0.3) is 11.1 Å². The molecule has 0 aliphatic heterocycles. The van der Waals surface area contributed by atoms with Crippen LogP contribution in [-0.2, 0) is 35.0 Å². The average molecular weight is 484 g/mol. The van der Waals surface area contributed by atoms with Crippen molar-refractivity contribution in [2.24, 2.45) is 0 Å². The lowest BCUT2D eigenvalue weighted by atomic mass is 9.79. The zero-order valence-corrected chi connectivity index (χ0v) is 19.7. The van der Waals surface area contributed by atoms with E-state index in [-0.39, 0.29) is 31.4 Å². The van der Waals surface area contributed by atoms with E-state index in [0.717, 1.165) is 22.3 Å². The molecule has 0 saturated carbocycles. The Morgan fingerprint density at radius 2 is 1.74 bits per heavy atom. The first kappa shape index (κ1) is 25.7. The lowest BCUT2D eigenvalue weighted by Gasteiger charge is -2.31. The van der Waals surface area contributed by atoms with E-state index in [9.17, 15) is 19.2 Å². The summed E-state index contributed by atoms with van der Waals surface area (Å²) in [6.45, 7) is 2.74. The molecule has 2 N–H and O–H groups in total. The smallest absolute Gasteiger partial charge is 0.481 e. The molecule has 1 aliphatic carbocycles. The molecular formula is C26H29NO8. The summed E-state index contributed by atoms with van der Waals surface area (Å²) in [5, 5.41) is 11.6. The molecule has 2 unspecified atom stereocenters. The quantitative estimate of drug-likeness (QED) is 0.407. The van der Waals surface area contributed by atoms with E-state index >= 15 is 0 Å². The third-order valence-corrected chi connectivity index (χ3v) is 5.54. The number of carboxylic acid groups (broad SMARTS) is 1. The lowest BCUT2D eigenvalue weighted by molar-refractivity contribution is -0.156. The molecule has 2 aromatic carbocycles. The van der Waals surface area contributed by atoms with E-state index in [4.69, 9.17) is 19.3 Å². The Labute approximate surface area is 203 Å². The number of nitrogens with one attached hydrogen (secondary N) is 1. The van der Waals surface area contributed by atoms with E-state index in [1.54, 1.807) is 13.8 Å². The summed E-state index contributed by atoms with van der Waals surface area (Å²) < 4.78 is 14.9. The van der Waals surface area contributed by atoms with Gasteiger partial charge in [-0.15, -0.1) is 0 Å². The number of fused-ring (bicyclic) bond motifs is 1. The highest BCUT2D eigenvalue weighted by Gasteiger charge is 2.34. The Morgan fingerprint density at radius 3 is 2.43 bits per heavy atom. The zero-order valence-electron chi connectivity index (χ0n) is 19.7. The van der Waals surface area contributed by atoms with Crippen molar-refractivity contribution in [3.8, 4) is 11.1 Å². The van der Waals surface area contributed by atoms with Crippen LogP contribution in [0.5, 0.6) is 0 Å². The van der Waals surface area contributed by atoms with E-state index in [0.29, 0.717) is 6.42 Å². The second-order valence-electron chi connectivity index (χ2n) is 8.57. The molecule has 9 nitrogen and oxygen atoms in total. The third kappa shape index (κ3) is 7.56. The number of ether oxygens (including phenoxy) is 3. The minimum Gasteiger partial charge on any atom is -0.481 e. The predicted molar refractivity (Wildman–Crippen MR) is 125 cm³/mol. The molecule has 0 radical (unpaired) electrons. The first-order chi connectivity index (χ1) is 16.7. The van der Waals surface area contributed by atoms with Crippen LogP contribution in [0.1, 0.15) is 50.2 Å². The van der Waals surface area contributed by atoms with E-state index < -0.39 is 36.7 Å². The molecule has 1 aliphatic rings. The summed E-state index contributed by atoms with van der Waals surface area (Å²) >= 11 is 0. The predicted octanol–water partition coefficient (Wildman–Crippen LogP) is 3.80. The van der Waals surface area contributed by atoms with Gasteiger partial charge in [-0.3, -0.25) is 14.4 Å². The normalized spacial score (nSPS) is 16.7. The molecule has 9 heteroatoms.